The molecule has 0 bridgehead atoms. The van der Waals surface area contributed by atoms with Gasteiger partial charge < -0.3 is 5.32 Å². The molecule has 0 heterocycles. The number of aryl methyl sites for hydroxylation is 3. The molecule has 0 aromatic heterocycles. The molecule has 0 saturated carbocycles. The van der Waals surface area contributed by atoms with Crippen molar-refractivity contribution in [2.75, 3.05) is 11.6 Å². The Morgan fingerprint density at radius 3 is 2.08 bits per heavy atom. The number of nitro groups is 1. The van der Waals surface area contributed by atoms with Crippen molar-refractivity contribution in [1.82, 2.24) is 0 Å². The zero-order valence-corrected chi connectivity index (χ0v) is 15.8. The van der Waals surface area contributed by atoms with Gasteiger partial charge in [0.1, 0.15) is 0 Å². The van der Waals surface area contributed by atoms with Crippen LogP contribution in [0.5, 0.6) is 0 Å². The van der Waals surface area contributed by atoms with Crippen LogP contribution >= 0.6 is 0 Å². The first-order valence-corrected chi connectivity index (χ1v) is 9.78. The van der Waals surface area contributed by atoms with Crippen LogP contribution in [-0.2, 0) is 14.6 Å². The van der Waals surface area contributed by atoms with E-state index in [-0.39, 0.29) is 5.69 Å². The summed E-state index contributed by atoms with van der Waals surface area (Å²) in [7, 11) is -3.72. The summed E-state index contributed by atoms with van der Waals surface area (Å²) in [5.74, 6) is -0.700. The Kier molecular flexibility index (Phi) is 5.46. The van der Waals surface area contributed by atoms with Crippen molar-refractivity contribution in [2.45, 2.75) is 26.0 Å². The second-order valence-electron chi connectivity index (χ2n) is 6.27. The molecule has 1 atom stereocenters. The largest absolute Gasteiger partial charge is 0.325 e. The van der Waals surface area contributed by atoms with Gasteiger partial charge in [0.15, 0.2) is 15.1 Å². The van der Waals surface area contributed by atoms with Gasteiger partial charge in [-0.05, 0) is 44.0 Å². The molecule has 138 valence electrons. The summed E-state index contributed by atoms with van der Waals surface area (Å²) in [4.78, 5) is 23.3. The monoisotopic (exact) mass is 376 g/mol. The number of anilines is 1. The molecular formula is C18H20N2O5S. The number of nitro benzene ring substituents is 1. The lowest BCUT2D eigenvalue weighted by Crippen LogP contribution is -2.28. The summed E-state index contributed by atoms with van der Waals surface area (Å²) in [6, 6.07) is 9.70. The van der Waals surface area contributed by atoms with E-state index in [2.05, 4.69) is 5.32 Å². The van der Waals surface area contributed by atoms with Gasteiger partial charge in [-0.25, -0.2) is 8.42 Å². The molecule has 1 amide bonds. The summed E-state index contributed by atoms with van der Waals surface area (Å²) in [5.41, 5.74) is 2.16. The van der Waals surface area contributed by atoms with E-state index in [0.29, 0.717) is 27.9 Å². The topological polar surface area (TPSA) is 106 Å². The van der Waals surface area contributed by atoms with Crippen molar-refractivity contribution in [1.29, 1.82) is 0 Å². The van der Waals surface area contributed by atoms with Crippen LogP contribution in [0.2, 0.25) is 0 Å². The molecular weight excluding hydrogens is 356 g/mol. The molecule has 0 spiro atoms. The lowest BCUT2D eigenvalue weighted by molar-refractivity contribution is -0.386. The van der Waals surface area contributed by atoms with Crippen molar-refractivity contribution < 1.29 is 18.1 Å². The van der Waals surface area contributed by atoms with Crippen LogP contribution in [0.15, 0.2) is 36.4 Å². The minimum Gasteiger partial charge on any atom is -0.325 e. The maximum Gasteiger partial charge on any atom is 0.275 e. The van der Waals surface area contributed by atoms with Crippen LogP contribution in [0.3, 0.4) is 0 Å². The van der Waals surface area contributed by atoms with Gasteiger partial charge in [-0.15, -0.1) is 0 Å². The normalized spacial score (nSPS) is 12.5. The molecule has 26 heavy (non-hydrogen) atoms. The Morgan fingerprint density at radius 1 is 1.08 bits per heavy atom. The number of carbonyl (C=O) groups excluding carboxylic acids is 1. The van der Waals surface area contributed by atoms with Gasteiger partial charge in [-0.2, -0.15) is 0 Å². The summed E-state index contributed by atoms with van der Waals surface area (Å²) >= 11 is 0. The smallest absolute Gasteiger partial charge is 0.275 e. The first-order valence-electron chi connectivity index (χ1n) is 7.83. The van der Waals surface area contributed by atoms with Gasteiger partial charge >= 0.3 is 0 Å². The predicted molar refractivity (Wildman–Crippen MR) is 100.0 cm³/mol. The van der Waals surface area contributed by atoms with E-state index >= 15 is 0 Å². The average molecular weight is 376 g/mol. The van der Waals surface area contributed by atoms with Crippen LogP contribution in [0.1, 0.15) is 27.5 Å². The van der Waals surface area contributed by atoms with Crippen LogP contribution in [0.4, 0.5) is 11.4 Å². The Hall–Kier alpha value is -2.74. The number of amides is 1. The lowest BCUT2D eigenvalue weighted by atomic mass is 10.0. The molecule has 1 unspecified atom stereocenters. The van der Waals surface area contributed by atoms with E-state index < -0.39 is 25.9 Å². The van der Waals surface area contributed by atoms with Crippen molar-refractivity contribution in [3.63, 3.8) is 0 Å². The number of hydrogen-bond acceptors (Lipinski definition) is 5. The van der Waals surface area contributed by atoms with Crippen molar-refractivity contribution >= 4 is 27.1 Å². The van der Waals surface area contributed by atoms with Crippen molar-refractivity contribution in [2.24, 2.45) is 0 Å². The first kappa shape index (κ1) is 19.6. The fraction of sp³-hybridized carbons (Fsp3) is 0.278. The quantitative estimate of drug-likeness (QED) is 0.637. The van der Waals surface area contributed by atoms with Gasteiger partial charge in [0.2, 0.25) is 5.91 Å². The SMILES string of the molecule is Cc1ccccc1C(C(=O)Nc1cc(C)c([N+](=O)[O-])c(C)c1)S(C)(=O)=O. The highest BCUT2D eigenvalue weighted by Gasteiger charge is 2.32. The fourth-order valence-corrected chi connectivity index (χ4v) is 4.14. The highest BCUT2D eigenvalue weighted by molar-refractivity contribution is 7.91. The first-order chi connectivity index (χ1) is 12.0. The second-order valence-corrected chi connectivity index (χ2v) is 8.40. The molecule has 0 aliphatic rings. The van der Waals surface area contributed by atoms with E-state index in [4.69, 9.17) is 0 Å². The Morgan fingerprint density at radius 2 is 1.62 bits per heavy atom. The third-order valence-corrected chi connectivity index (χ3v) is 5.40. The van der Waals surface area contributed by atoms with Crippen LogP contribution in [-0.4, -0.2) is 25.5 Å². The van der Waals surface area contributed by atoms with E-state index in [9.17, 15) is 23.3 Å². The van der Waals surface area contributed by atoms with Crippen LogP contribution < -0.4 is 5.32 Å². The zero-order chi connectivity index (χ0) is 19.6. The maximum atomic E-state index is 12.7. The number of sulfone groups is 1. The molecule has 2 aromatic carbocycles. The molecule has 0 radical (unpaired) electrons. The number of benzene rings is 2. The molecule has 0 saturated heterocycles. The Labute approximate surface area is 152 Å². The highest BCUT2D eigenvalue weighted by Crippen LogP contribution is 2.30. The van der Waals surface area contributed by atoms with Crippen molar-refractivity contribution in [3.05, 3.63) is 68.8 Å². The van der Waals surface area contributed by atoms with Gasteiger partial charge in [0.25, 0.3) is 5.69 Å². The molecule has 1 N–H and O–H groups in total. The van der Waals surface area contributed by atoms with E-state index in [1.165, 1.54) is 12.1 Å². The number of carbonyl (C=O) groups is 1. The lowest BCUT2D eigenvalue weighted by Gasteiger charge is -2.18. The molecule has 0 fully saturated rings. The standard InChI is InChI=1S/C18H20N2O5S/c1-11-7-5-6-8-15(11)17(26(4,24)25)18(21)19-14-9-12(2)16(20(22)23)13(3)10-14/h5-10,17H,1-4H3,(H,19,21). The second kappa shape index (κ2) is 7.25. The Balaban J connectivity index is 2.44. The van der Waals surface area contributed by atoms with Gasteiger partial charge in [0.05, 0.1) is 4.92 Å². The third-order valence-electron chi connectivity index (χ3n) is 4.08. The maximum absolute atomic E-state index is 12.7. The molecule has 8 heteroatoms. The summed E-state index contributed by atoms with van der Waals surface area (Å²) in [6.45, 7) is 4.87. The number of hydrogen-bond donors (Lipinski definition) is 1. The molecule has 2 aromatic rings. The van der Waals surface area contributed by atoms with E-state index in [0.717, 1.165) is 6.26 Å². The summed E-state index contributed by atoms with van der Waals surface area (Å²) in [5, 5.41) is 12.3. The highest BCUT2D eigenvalue weighted by atomic mass is 32.2. The van der Waals surface area contributed by atoms with Crippen LogP contribution in [0, 0.1) is 30.9 Å². The number of nitrogens with zero attached hydrogens (tertiary/aromatic N) is 1. The fourth-order valence-electron chi connectivity index (χ4n) is 2.97. The van der Waals surface area contributed by atoms with Gasteiger partial charge in [-0.1, -0.05) is 24.3 Å². The summed E-state index contributed by atoms with van der Waals surface area (Å²) in [6.07, 6.45) is 1.01. The van der Waals surface area contributed by atoms with Crippen LogP contribution in [0.25, 0.3) is 0 Å². The average Bonchev–Trinajstić information content (AvgIpc) is 2.46. The van der Waals surface area contributed by atoms with E-state index in [1.807, 2.05) is 0 Å². The number of rotatable bonds is 5. The minimum atomic E-state index is -3.72. The Bertz CT molecular complexity index is 960. The van der Waals surface area contributed by atoms with Gasteiger partial charge in [0, 0.05) is 23.1 Å². The van der Waals surface area contributed by atoms with Gasteiger partial charge in [-0.3, -0.25) is 14.9 Å². The summed E-state index contributed by atoms with van der Waals surface area (Å²) < 4.78 is 24.5. The molecule has 7 nitrogen and oxygen atoms in total. The van der Waals surface area contributed by atoms with E-state index in [1.54, 1.807) is 45.0 Å². The minimum absolute atomic E-state index is 0.0263. The molecule has 2 rings (SSSR count). The molecule has 0 aliphatic carbocycles. The predicted octanol–water partition coefficient (Wildman–Crippen LogP) is 3.24. The molecule has 0 aliphatic heterocycles. The third kappa shape index (κ3) is 4.08. The van der Waals surface area contributed by atoms with Crippen molar-refractivity contribution in [3.8, 4) is 0 Å². The number of nitrogens with one attached hydrogen (secondary N) is 1. The zero-order valence-electron chi connectivity index (χ0n) is 14.9.